The van der Waals surface area contributed by atoms with Gasteiger partial charge in [-0.3, -0.25) is 10.1 Å². The SMILES string of the molecule is C=CCNC1(C(=O)OCC)CCc2ccccc2C1. The summed E-state index contributed by atoms with van der Waals surface area (Å²) in [4.78, 5) is 12.3. The van der Waals surface area contributed by atoms with Crippen LogP contribution in [0.3, 0.4) is 0 Å². The van der Waals surface area contributed by atoms with Crippen molar-refractivity contribution in [2.24, 2.45) is 0 Å². The van der Waals surface area contributed by atoms with E-state index in [0.29, 0.717) is 19.6 Å². The molecule has 1 atom stereocenters. The van der Waals surface area contributed by atoms with Gasteiger partial charge in [-0.1, -0.05) is 30.3 Å². The molecule has 0 spiro atoms. The van der Waals surface area contributed by atoms with Crippen molar-refractivity contribution >= 4 is 5.97 Å². The van der Waals surface area contributed by atoms with Crippen molar-refractivity contribution < 1.29 is 9.53 Å². The maximum atomic E-state index is 12.3. The predicted octanol–water partition coefficient (Wildman–Crippen LogP) is 2.25. The number of rotatable bonds is 5. The molecule has 0 aliphatic heterocycles. The van der Waals surface area contributed by atoms with E-state index in [2.05, 4.69) is 24.0 Å². The van der Waals surface area contributed by atoms with Crippen LogP contribution >= 0.6 is 0 Å². The number of benzene rings is 1. The zero-order valence-corrected chi connectivity index (χ0v) is 11.4. The van der Waals surface area contributed by atoms with Gasteiger partial charge in [-0.25, -0.2) is 0 Å². The van der Waals surface area contributed by atoms with E-state index in [1.807, 2.05) is 19.1 Å². The molecule has 3 heteroatoms. The first-order valence-electron chi connectivity index (χ1n) is 6.82. The highest BCUT2D eigenvalue weighted by molar-refractivity contribution is 5.82. The summed E-state index contributed by atoms with van der Waals surface area (Å²) in [5.74, 6) is -0.147. The number of esters is 1. The van der Waals surface area contributed by atoms with Crippen LogP contribution in [0.2, 0.25) is 0 Å². The van der Waals surface area contributed by atoms with Crippen LogP contribution in [0.1, 0.15) is 24.5 Å². The maximum absolute atomic E-state index is 12.3. The molecule has 1 aromatic carbocycles. The quantitative estimate of drug-likeness (QED) is 0.651. The van der Waals surface area contributed by atoms with Crippen molar-refractivity contribution in [1.82, 2.24) is 5.32 Å². The van der Waals surface area contributed by atoms with Gasteiger partial charge in [0.15, 0.2) is 0 Å². The molecule has 0 amide bonds. The standard InChI is InChI=1S/C16H21NO2/c1-3-11-17-16(15(18)19-4-2)10-9-13-7-5-6-8-14(13)12-16/h3,5-8,17H,1,4,9-12H2,2H3. The second-order valence-electron chi connectivity index (χ2n) is 4.92. The van der Waals surface area contributed by atoms with Crippen LogP contribution in [0.25, 0.3) is 0 Å². The third-order valence-corrected chi connectivity index (χ3v) is 3.68. The average Bonchev–Trinajstić information content (AvgIpc) is 2.45. The fraction of sp³-hybridized carbons (Fsp3) is 0.438. The highest BCUT2D eigenvalue weighted by Gasteiger charge is 2.41. The summed E-state index contributed by atoms with van der Waals surface area (Å²) in [6, 6.07) is 8.30. The smallest absolute Gasteiger partial charge is 0.326 e. The van der Waals surface area contributed by atoms with Crippen molar-refractivity contribution in [3.8, 4) is 0 Å². The average molecular weight is 259 g/mol. The highest BCUT2D eigenvalue weighted by Crippen LogP contribution is 2.29. The monoisotopic (exact) mass is 259 g/mol. The van der Waals surface area contributed by atoms with Gasteiger partial charge in [0.05, 0.1) is 6.61 Å². The van der Waals surface area contributed by atoms with Crippen LogP contribution in [0.5, 0.6) is 0 Å². The Kier molecular flexibility index (Phi) is 4.38. The van der Waals surface area contributed by atoms with E-state index in [9.17, 15) is 4.79 Å². The third kappa shape index (κ3) is 2.87. The Labute approximate surface area is 114 Å². The van der Waals surface area contributed by atoms with Crippen molar-refractivity contribution in [2.75, 3.05) is 13.2 Å². The number of ether oxygens (including phenoxy) is 1. The number of hydrogen-bond acceptors (Lipinski definition) is 3. The maximum Gasteiger partial charge on any atom is 0.326 e. The summed E-state index contributed by atoms with van der Waals surface area (Å²) in [6.07, 6.45) is 4.15. The molecule has 0 saturated heterocycles. The Bertz CT molecular complexity index is 470. The molecule has 1 unspecified atom stereocenters. The van der Waals surface area contributed by atoms with E-state index >= 15 is 0 Å². The van der Waals surface area contributed by atoms with E-state index in [1.165, 1.54) is 11.1 Å². The minimum absolute atomic E-state index is 0.147. The van der Waals surface area contributed by atoms with Crippen LogP contribution in [0.4, 0.5) is 0 Å². The van der Waals surface area contributed by atoms with Gasteiger partial charge in [0.2, 0.25) is 0 Å². The largest absolute Gasteiger partial charge is 0.465 e. The molecule has 0 radical (unpaired) electrons. The molecular formula is C16H21NO2. The number of nitrogens with one attached hydrogen (secondary N) is 1. The molecule has 2 rings (SSSR count). The molecule has 1 aliphatic carbocycles. The summed E-state index contributed by atoms with van der Waals surface area (Å²) in [7, 11) is 0. The lowest BCUT2D eigenvalue weighted by molar-refractivity contribution is -0.151. The third-order valence-electron chi connectivity index (χ3n) is 3.68. The van der Waals surface area contributed by atoms with Gasteiger partial charge in [-0.15, -0.1) is 6.58 Å². The molecule has 0 heterocycles. The Morgan fingerprint density at radius 1 is 1.47 bits per heavy atom. The van der Waals surface area contributed by atoms with Crippen LogP contribution in [0, 0.1) is 0 Å². The van der Waals surface area contributed by atoms with Crippen LogP contribution in [0.15, 0.2) is 36.9 Å². The first kappa shape index (κ1) is 13.8. The summed E-state index contributed by atoms with van der Waals surface area (Å²) in [5.41, 5.74) is 1.97. The summed E-state index contributed by atoms with van der Waals surface area (Å²) < 4.78 is 5.26. The lowest BCUT2D eigenvalue weighted by atomic mass is 9.78. The summed E-state index contributed by atoms with van der Waals surface area (Å²) >= 11 is 0. The van der Waals surface area contributed by atoms with Crippen molar-refractivity contribution in [3.63, 3.8) is 0 Å². The van der Waals surface area contributed by atoms with Crippen molar-refractivity contribution in [3.05, 3.63) is 48.0 Å². The molecule has 0 bridgehead atoms. The van der Waals surface area contributed by atoms with E-state index in [0.717, 1.165) is 12.8 Å². The Hall–Kier alpha value is -1.61. The lowest BCUT2D eigenvalue weighted by Crippen LogP contribution is -2.56. The molecule has 1 N–H and O–H groups in total. The van der Waals surface area contributed by atoms with Crippen LogP contribution in [-0.2, 0) is 22.4 Å². The van der Waals surface area contributed by atoms with Gasteiger partial charge in [0, 0.05) is 13.0 Å². The van der Waals surface area contributed by atoms with Gasteiger partial charge in [-0.2, -0.15) is 0 Å². The normalized spacial score (nSPS) is 21.5. The lowest BCUT2D eigenvalue weighted by Gasteiger charge is -2.36. The molecule has 3 nitrogen and oxygen atoms in total. The number of fused-ring (bicyclic) bond motifs is 1. The molecule has 0 saturated carbocycles. The first-order chi connectivity index (χ1) is 9.22. The number of carbonyl (C=O) groups is 1. The molecule has 1 aliphatic rings. The molecule has 19 heavy (non-hydrogen) atoms. The van der Waals surface area contributed by atoms with E-state index in [4.69, 9.17) is 4.74 Å². The zero-order valence-electron chi connectivity index (χ0n) is 11.4. The predicted molar refractivity (Wildman–Crippen MR) is 76.0 cm³/mol. The fourth-order valence-corrected chi connectivity index (χ4v) is 2.67. The van der Waals surface area contributed by atoms with E-state index in [1.54, 1.807) is 6.08 Å². The highest BCUT2D eigenvalue weighted by atomic mass is 16.5. The van der Waals surface area contributed by atoms with Gasteiger partial charge < -0.3 is 4.74 Å². The Balaban J connectivity index is 2.25. The number of aryl methyl sites for hydroxylation is 1. The van der Waals surface area contributed by atoms with Gasteiger partial charge in [-0.05, 0) is 30.9 Å². The fourth-order valence-electron chi connectivity index (χ4n) is 2.67. The minimum atomic E-state index is -0.599. The first-order valence-corrected chi connectivity index (χ1v) is 6.82. The van der Waals surface area contributed by atoms with Gasteiger partial charge in [0.25, 0.3) is 0 Å². The molecule has 102 valence electrons. The molecule has 0 fully saturated rings. The summed E-state index contributed by atoms with van der Waals surface area (Å²) in [6.45, 7) is 6.58. The molecular weight excluding hydrogens is 238 g/mol. The molecule has 0 aromatic heterocycles. The van der Waals surface area contributed by atoms with Gasteiger partial charge >= 0.3 is 5.97 Å². The number of carbonyl (C=O) groups excluding carboxylic acids is 1. The van der Waals surface area contributed by atoms with E-state index in [-0.39, 0.29) is 5.97 Å². The second-order valence-corrected chi connectivity index (χ2v) is 4.92. The van der Waals surface area contributed by atoms with Crippen molar-refractivity contribution in [2.45, 2.75) is 31.7 Å². The van der Waals surface area contributed by atoms with Crippen LogP contribution < -0.4 is 5.32 Å². The minimum Gasteiger partial charge on any atom is -0.465 e. The van der Waals surface area contributed by atoms with Crippen LogP contribution in [-0.4, -0.2) is 24.7 Å². The van der Waals surface area contributed by atoms with E-state index < -0.39 is 5.54 Å². The molecule has 1 aromatic rings. The Morgan fingerprint density at radius 2 is 2.21 bits per heavy atom. The number of hydrogen-bond donors (Lipinski definition) is 1. The topological polar surface area (TPSA) is 38.3 Å². The zero-order chi connectivity index (χ0) is 13.7. The summed E-state index contributed by atoms with van der Waals surface area (Å²) in [5, 5.41) is 3.32. The van der Waals surface area contributed by atoms with Gasteiger partial charge in [0.1, 0.15) is 5.54 Å². The Morgan fingerprint density at radius 3 is 2.89 bits per heavy atom. The second kappa shape index (κ2) is 6.02. The van der Waals surface area contributed by atoms with Crippen molar-refractivity contribution in [1.29, 1.82) is 0 Å².